The van der Waals surface area contributed by atoms with E-state index in [0.29, 0.717) is 22.1 Å². The number of nitrogens with zero attached hydrogens (tertiary/aromatic N) is 4. The number of nitrogens with one attached hydrogen (secondary N) is 1. The first kappa shape index (κ1) is 16.8. The number of rotatable bonds is 5. The standard InChI is InChI=1S/C17H14ClN5O2/c1-11(24)13-3-2-4-15(9-13)19-16(25)10-23-21-17(20-22-23)12-5-7-14(18)8-6-12/h2-9H,10H2,1H3,(H,19,25). The summed E-state index contributed by atoms with van der Waals surface area (Å²) in [6, 6.07) is 13.7. The molecule has 0 aliphatic heterocycles. The molecule has 0 atom stereocenters. The molecule has 3 rings (SSSR count). The number of anilines is 1. The zero-order valence-corrected chi connectivity index (χ0v) is 14.1. The van der Waals surface area contributed by atoms with Crippen molar-refractivity contribution < 1.29 is 9.59 Å². The van der Waals surface area contributed by atoms with Gasteiger partial charge in [-0.2, -0.15) is 4.80 Å². The molecule has 0 saturated carbocycles. The van der Waals surface area contributed by atoms with E-state index < -0.39 is 0 Å². The molecule has 1 heterocycles. The summed E-state index contributed by atoms with van der Waals surface area (Å²) < 4.78 is 0. The predicted molar refractivity (Wildman–Crippen MR) is 93.3 cm³/mol. The van der Waals surface area contributed by atoms with Crippen LogP contribution in [0.4, 0.5) is 5.69 Å². The van der Waals surface area contributed by atoms with Crippen molar-refractivity contribution in [2.75, 3.05) is 5.32 Å². The van der Waals surface area contributed by atoms with E-state index >= 15 is 0 Å². The maximum atomic E-state index is 12.1. The van der Waals surface area contributed by atoms with Gasteiger partial charge in [-0.15, -0.1) is 10.2 Å². The molecular weight excluding hydrogens is 342 g/mol. The third kappa shape index (κ3) is 4.27. The first-order valence-corrected chi connectivity index (χ1v) is 7.83. The normalized spacial score (nSPS) is 10.5. The molecule has 126 valence electrons. The van der Waals surface area contributed by atoms with Crippen LogP contribution in [0.1, 0.15) is 17.3 Å². The number of hydrogen-bond donors (Lipinski definition) is 1. The zero-order valence-electron chi connectivity index (χ0n) is 13.3. The SMILES string of the molecule is CC(=O)c1cccc(NC(=O)Cn2nnc(-c3ccc(Cl)cc3)n2)c1. The minimum Gasteiger partial charge on any atom is -0.324 e. The van der Waals surface area contributed by atoms with Gasteiger partial charge in [0, 0.05) is 21.8 Å². The fourth-order valence-corrected chi connectivity index (χ4v) is 2.30. The summed E-state index contributed by atoms with van der Waals surface area (Å²) in [4.78, 5) is 24.7. The average Bonchev–Trinajstić information content (AvgIpc) is 3.04. The molecule has 0 unspecified atom stereocenters. The van der Waals surface area contributed by atoms with E-state index in [1.54, 1.807) is 48.5 Å². The summed E-state index contributed by atoms with van der Waals surface area (Å²) in [7, 11) is 0. The summed E-state index contributed by atoms with van der Waals surface area (Å²) >= 11 is 5.85. The van der Waals surface area contributed by atoms with Crippen molar-refractivity contribution in [2.45, 2.75) is 13.5 Å². The first-order valence-electron chi connectivity index (χ1n) is 7.46. The highest BCUT2D eigenvalue weighted by atomic mass is 35.5. The minimum absolute atomic E-state index is 0.0679. The number of Topliss-reactive ketones (excluding diaryl/α,β-unsaturated/α-hetero) is 1. The Hall–Kier alpha value is -3.06. The molecule has 1 N–H and O–H groups in total. The van der Waals surface area contributed by atoms with Gasteiger partial charge in [0.2, 0.25) is 11.7 Å². The zero-order chi connectivity index (χ0) is 17.8. The van der Waals surface area contributed by atoms with Gasteiger partial charge < -0.3 is 5.32 Å². The summed E-state index contributed by atoms with van der Waals surface area (Å²) in [6.45, 7) is 1.38. The van der Waals surface area contributed by atoms with Crippen LogP contribution in [-0.4, -0.2) is 31.9 Å². The van der Waals surface area contributed by atoms with Crippen molar-refractivity contribution in [3.05, 3.63) is 59.1 Å². The molecule has 3 aromatic rings. The molecule has 2 aromatic carbocycles. The molecule has 1 aromatic heterocycles. The van der Waals surface area contributed by atoms with Crippen LogP contribution in [0.15, 0.2) is 48.5 Å². The van der Waals surface area contributed by atoms with Crippen molar-refractivity contribution >= 4 is 29.0 Å². The molecular formula is C17H14ClN5O2. The van der Waals surface area contributed by atoms with Crippen LogP contribution >= 0.6 is 11.6 Å². The lowest BCUT2D eigenvalue weighted by molar-refractivity contribution is -0.117. The molecule has 0 bridgehead atoms. The Morgan fingerprint density at radius 3 is 2.64 bits per heavy atom. The van der Waals surface area contributed by atoms with E-state index in [4.69, 9.17) is 11.6 Å². The molecule has 0 aliphatic carbocycles. The second kappa shape index (κ2) is 7.23. The van der Waals surface area contributed by atoms with E-state index in [9.17, 15) is 9.59 Å². The number of amides is 1. The summed E-state index contributed by atoms with van der Waals surface area (Å²) in [6.07, 6.45) is 0. The molecule has 0 saturated heterocycles. The molecule has 8 heteroatoms. The smallest absolute Gasteiger partial charge is 0.248 e. The van der Waals surface area contributed by atoms with Crippen molar-refractivity contribution in [3.8, 4) is 11.4 Å². The van der Waals surface area contributed by atoms with Gasteiger partial charge in [-0.05, 0) is 48.5 Å². The van der Waals surface area contributed by atoms with Crippen molar-refractivity contribution in [3.63, 3.8) is 0 Å². The Balaban J connectivity index is 1.66. The third-order valence-electron chi connectivity index (χ3n) is 3.39. The van der Waals surface area contributed by atoms with E-state index in [0.717, 1.165) is 5.56 Å². The number of hydrogen-bond acceptors (Lipinski definition) is 5. The molecule has 1 amide bonds. The molecule has 25 heavy (non-hydrogen) atoms. The number of ketones is 1. The van der Waals surface area contributed by atoms with Crippen LogP contribution in [0.5, 0.6) is 0 Å². The fraction of sp³-hybridized carbons (Fsp3) is 0.118. The highest BCUT2D eigenvalue weighted by Gasteiger charge is 2.10. The Bertz CT molecular complexity index is 921. The van der Waals surface area contributed by atoms with Gasteiger partial charge in [0.1, 0.15) is 6.54 Å². The van der Waals surface area contributed by atoms with E-state index in [1.807, 2.05) is 0 Å². The Kier molecular flexibility index (Phi) is 4.85. The first-order chi connectivity index (χ1) is 12.0. The lowest BCUT2D eigenvalue weighted by Gasteiger charge is -2.05. The number of halogens is 1. The van der Waals surface area contributed by atoms with Gasteiger partial charge in [0.05, 0.1) is 0 Å². The van der Waals surface area contributed by atoms with Gasteiger partial charge in [-0.25, -0.2) is 0 Å². The molecule has 0 radical (unpaired) electrons. The Morgan fingerprint density at radius 1 is 1.16 bits per heavy atom. The highest BCUT2D eigenvalue weighted by Crippen LogP contribution is 2.17. The topological polar surface area (TPSA) is 89.8 Å². The fourth-order valence-electron chi connectivity index (χ4n) is 2.17. The van der Waals surface area contributed by atoms with Crippen molar-refractivity contribution in [2.24, 2.45) is 0 Å². The Morgan fingerprint density at radius 2 is 1.92 bits per heavy atom. The van der Waals surface area contributed by atoms with Crippen LogP contribution in [0.2, 0.25) is 5.02 Å². The predicted octanol–water partition coefficient (Wildman–Crippen LogP) is 2.83. The number of tetrazole rings is 1. The number of carbonyl (C=O) groups is 2. The third-order valence-corrected chi connectivity index (χ3v) is 3.65. The van der Waals surface area contributed by atoms with Crippen LogP contribution in [-0.2, 0) is 11.3 Å². The van der Waals surface area contributed by atoms with Gasteiger partial charge in [-0.1, -0.05) is 23.7 Å². The van der Waals surface area contributed by atoms with Crippen LogP contribution in [0.25, 0.3) is 11.4 Å². The summed E-state index contributed by atoms with van der Waals surface area (Å²) in [5, 5.41) is 15.3. The van der Waals surface area contributed by atoms with E-state index in [1.165, 1.54) is 11.7 Å². The summed E-state index contributed by atoms with van der Waals surface area (Å²) in [5.41, 5.74) is 1.82. The van der Waals surface area contributed by atoms with E-state index in [-0.39, 0.29) is 18.2 Å². The number of benzene rings is 2. The Labute approximate surface area is 148 Å². The monoisotopic (exact) mass is 355 g/mol. The molecule has 0 fully saturated rings. The molecule has 0 spiro atoms. The number of aromatic nitrogens is 4. The summed E-state index contributed by atoms with van der Waals surface area (Å²) in [5.74, 6) is 0.0189. The van der Waals surface area contributed by atoms with Gasteiger partial charge in [0.15, 0.2) is 5.78 Å². The molecule has 7 nitrogen and oxygen atoms in total. The minimum atomic E-state index is -0.319. The van der Waals surface area contributed by atoms with Crippen LogP contribution < -0.4 is 5.32 Å². The second-order valence-electron chi connectivity index (χ2n) is 5.34. The van der Waals surface area contributed by atoms with Gasteiger partial charge >= 0.3 is 0 Å². The van der Waals surface area contributed by atoms with Gasteiger partial charge in [0.25, 0.3) is 0 Å². The van der Waals surface area contributed by atoms with Crippen LogP contribution in [0.3, 0.4) is 0 Å². The van der Waals surface area contributed by atoms with Gasteiger partial charge in [-0.3, -0.25) is 9.59 Å². The van der Waals surface area contributed by atoms with E-state index in [2.05, 4.69) is 20.7 Å². The second-order valence-corrected chi connectivity index (χ2v) is 5.77. The maximum Gasteiger partial charge on any atom is 0.248 e. The van der Waals surface area contributed by atoms with Crippen LogP contribution in [0, 0.1) is 0 Å². The largest absolute Gasteiger partial charge is 0.324 e. The lowest BCUT2D eigenvalue weighted by Crippen LogP contribution is -2.20. The maximum absolute atomic E-state index is 12.1. The van der Waals surface area contributed by atoms with Crippen molar-refractivity contribution in [1.82, 2.24) is 20.2 Å². The lowest BCUT2D eigenvalue weighted by atomic mass is 10.1. The highest BCUT2D eigenvalue weighted by molar-refractivity contribution is 6.30. The quantitative estimate of drug-likeness (QED) is 0.711. The van der Waals surface area contributed by atoms with Crippen molar-refractivity contribution in [1.29, 1.82) is 0 Å². The number of carbonyl (C=O) groups excluding carboxylic acids is 2. The average molecular weight is 356 g/mol. The molecule has 0 aliphatic rings.